The average molecular weight is 504 g/mol. The Labute approximate surface area is 217 Å². The Morgan fingerprint density at radius 1 is 1.00 bits per heavy atom. The van der Waals surface area contributed by atoms with Gasteiger partial charge in [0.2, 0.25) is 12.3 Å². The van der Waals surface area contributed by atoms with Crippen LogP contribution in [-0.2, 0) is 21.0 Å². The van der Waals surface area contributed by atoms with Crippen LogP contribution in [0.15, 0.2) is 72.9 Å². The molecule has 37 heavy (non-hydrogen) atoms. The molecule has 0 spiro atoms. The molecule has 194 valence electrons. The quantitative estimate of drug-likeness (QED) is 0.141. The average Bonchev–Trinajstić information content (AvgIpc) is 2.95. The summed E-state index contributed by atoms with van der Waals surface area (Å²) in [5.41, 5.74) is 1.92. The lowest BCUT2D eigenvalue weighted by molar-refractivity contribution is -0.182. The first kappa shape index (κ1) is 27.5. The fourth-order valence-electron chi connectivity index (χ4n) is 3.68. The van der Waals surface area contributed by atoms with Gasteiger partial charge in [-0.3, -0.25) is 19.2 Å². The number of benzene rings is 2. The van der Waals surface area contributed by atoms with E-state index in [0.717, 1.165) is 35.5 Å². The molecule has 0 aliphatic rings. The number of carbonyl (C=O) groups excluding carboxylic acids is 3. The van der Waals surface area contributed by atoms with E-state index >= 15 is 0 Å². The van der Waals surface area contributed by atoms with E-state index in [-0.39, 0.29) is 31.4 Å². The predicted molar refractivity (Wildman–Crippen MR) is 140 cm³/mol. The number of aromatic nitrogens is 2. The molecule has 3 amide bonds. The first-order chi connectivity index (χ1) is 18.1. The van der Waals surface area contributed by atoms with E-state index in [9.17, 15) is 14.4 Å². The molecule has 0 bridgehead atoms. The lowest BCUT2D eigenvalue weighted by Gasteiger charge is -2.23. The predicted octanol–water partition coefficient (Wildman–Crippen LogP) is 3.73. The maximum absolute atomic E-state index is 12.9. The second-order valence-corrected chi connectivity index (χ2v) is 8.51. The number of nitrogens with zero attached hydrogens (tertiary/aromatic N) is 3. The molecule has 1 heterocycles. The number of rotatable bonds is 15. The fraction of sp³-hybridized carbons (Fsp3) is 0.321. The monoisotopic (exact) mass is 503 g/mol. The Morgan fingerprint density at radius 2 is 1.73 bits per heavy atom. The maximum atomic E-state index is 12.9. The summed E-state index contributed by atoms with van der Waals surface area (Å²) in [5, 5.41) is 6.58. The van der Waals surface area contributed by atoms with Gasteiger partial charge in [-0.15, -0.1) is 0 Å². The number of carbonyl (C=O) groups is 3. The summed E-state index contributed by atoms with van der Waals surface area (Å²) in [6, 6.07) is 20.4. The van der Waals surface area contributed by atoms with Crippen molar-refractivity contribution in [2.24, 2.45) is 5.92 Å². The van der Waals surface area contributed by atoms with Gasteiger partial charge in [0, 0.05) is 11.8 Å². The van der Waals surface area contributed by atoms with Crippen LogP contribution >= 0.6 is 0 Å². The molecule has 9 nitrogen and oxygen atoms in total. The summed E-state index contributed by atoms with van der Waals surface area (Å²) >= 11 is 0. The number of hydrogen-bond acceptors (Lipinski definition) is 6. The summed E-state index contributed by atoms with van der Waals surface area (Å²) in [5.74, 6) is -0.728. The molecule has 2 N–H and O–H groups in total. The number of unbranched alkanes of at least 4 members (excludes halogenated alkanes) is 2. The minimum absolute atomic E-state index is 0.0709. The van der Waals surface area contributed by atoms with Crippen LogP contribution in [0.2, 0.25) is 0 Å². The zero-order valence-corrected chi connectivity index (χ0v) is 21.0. The molecular weight excluding hydrogens is 470 g/mol. The van der Waals surface area contributed by atoms with Crippen molar-refractivity contribution in [3.8, 4) is 11.4 Å². The molecule has 0 radical (unpaired) electrons. The zero-order valence-electron chi connectivity index (χ0n) is 21.0. The summed E-state index contributed by atoms with van der Waals surface area (Å²) in [6.45, 7) is 2.36. The van der Waals surface area contributed by atoms with Crippen molar-refractivity contribution in [1.82, 2.24) is 25.7 Å². The maximum Gasteiger partial charge on any atom is 0.271 e. The topological polar surface area (TPSA) is 114 Å². The highest BCUT2D eigenvalue weighted by Crippen LogP contribution is 2.14. The van der Waals surface area contributed by atoms with Crippen molar-refractivity contribution in [3.05, 3.63) is 84.2 Å². The van der Waals surface area contributed by atoms with Crippen LogP contribution in [-0.4, -0.2) is 46.5 Å². The molecule has 9 heteroatoms. The van der Waals surface area contributed by atoms with E-state index in [1.54, 1.807) is 0 Å². The lowest BCUT2D eigenvalue weighted by atomic mass is 10.0. The van der Waals surface area contributed by atoms with Crippen molar-refractivity contribution >= 4 is 18.2 Å². The van der Waals surface area contributed by atoms with Crippen molar-refractivity contribution in [1.29, 1.82) is 0 Å². The number of hydrogen-bond donors (Lipinski definition) is 2. The smallest absolute Gasteiger partial charge is 0.271 e. The van der Waals surface area contributed by atoms with Crippen LogP contribution < -0.4 is 10.6 Å². The first-order valence-corrected chi connectivity index (χ1v) is 12.4. The van der Waals surface area contributed by atoms with E-state index in [2.05, 4.69) is 27.5 Å². The van der Waals surface area contributed by atoms with Crippen LogP contribution in [0.5, 0.6) is 0 Å². The Bertz CT molecular complexity index is 1130. The minimum Gasteiger partial charge on any atom is -0.338 e. The normalized spacial score (nSPS) is 11.4. The number of hydroxylamine groups is 2. The molecule has 0 aliphatic heterocycles. The minimum atomic E-state index is -0.479. The third-order valence-electron chi connectivity index (χ3n) is 5.72. The fourth-order valence-corrected chi connectivity index (χ4v) is 3.68. The van der Waals surface area contributed by atoms with Crippen LogP contribution in [0.3, 0.4) is 0 Å². The highest BCUT2D eigenvalue weighted by atomic mass is 16.7. The van der Waals surface area contributed by atoms with E-state index < -0.39 is 11.8 Å². The largest absolute Gasteiger partial charge is 0.338 e. The van der Waals surface area contributed by atoms with E-state index in [4.69, 9.17) is 4.84 Å². The molecule has 0 unspecified atom stereocenters. The van der Waals surface area contributed by atoms with Crippen LogP contribution in [0, 0.1) is 5.92 Å². The number of amides is 3. The molecule has 1 aromatic heterocycles. The van der Waals surface area contributed by atoms with E-state index in [0.29, 0.717) is 18.7 Å². The van der Waals surface area contributed by atoms with Gasteiger partial charge in [0.05, 0.1) is 19.1 Å². The van der Waals surface area contributed by atoms with Crippen molar-refractivity contribution < 1.29 is 19.2 Å². The van der Waals surface area contributed by atoms with Crippen LogP contribution in [0.4, 0.5) is 0 Å². The molecule has 3 aromatic rings. The van der Waals surface area contributed by atoms with E-state index in [1.165, 1.54) is 12.3 Å². The molecule has 1 atom stereocenters. The second-order valence-electron chi connectivity index (χ2n) is 8.51. The number of nitrogens with one attached hydrogen (secondary N) is 2. The van der Waals surface area contributed by atoms with Crippen LogP contribution in [0.1, 0.15) is 48.7 Å². The van der Waals surface area contributed by atoms with Crippen molar-refractivity contribution in [2.45, 2.75) is 39.2 Å². The van der Waals surface area contributed by atoms with Gasteiger partial charge < -0.3 is 10.6 Å². The SMILES string of the molecule is CCCCC[C@H](CN(C=O)OCc1ccccc1)C(=O)NCNC(=O)c1ccnc(-c2ccccc2)n1. The molecule has 0 aliphatic carbocycles. The van der Waals surface area contributed by atoms with Crippen molar-refractivity contribution in [3.63, 3.8) is 0 Å². The van der Waals surface area contributed by atoms with Crippen LogP contribution in [0.25, 0.3) is 11.4 Å². The third-order valence-corrected chi connectivity index (χ3v) is 5.72. The lowest BCUT2D eigenvalue weighted by Crippen LogP contribution is -2.43. The molecule has 3 rings (SSSR count). The van der Waals surface area contributed by atoms with Gasteiger partial charge in [-0.25, -0.2) is 15.0 Å². The third kappa shape index (κ3) is 9.12. The second kappa shape index (κ2) is 15.1. The Hall–Kier alpha value is -4.11. The van der Waals surface area contributed by atoms with E-state index in [1.807, 2.05) is 60.7 Å². The summed E-state index contributed by atoms with van der Waals surface area (Å²) in [7, 11) is 0. The summed E-state index contributed by atoms with van der Waals surface area (Å²) in [6.07, 6.45) is 5.54. The van der Waals surface area contributed by atoms with Gasteiger partial charge in [-0.2, -0.15) is 0 Å². The Balaban J connectivity index is 1.53. The molecule has 0 saturated heterocycles. The standard InChI is InChI=1S/C28H33N5O4/c1-2-3-6-15-24(18-33(21-34)37-19-22-11-7-4-8-12-22)27(35)30-20-31-28(36)25-16-17-29-26(32-25)23-13-9-5-10-14-23/h4-5,7-14,16-17,21,24H,2-3,6,15,18-20H2,1H3,(H,30,35)(H,31,36)/t24-/m1/s1. The summed E-state index contributed by atoms with van der Waals surface area (Å²) in [4.78, 5) is 51.3. The first-order valence-electron chi connectivity index (χ1n) is 12.4. The molecule has 2 aromatic carbocycles. The van der Waals surface area contributed by atoms with Gasteiger partial charge in [-0.05, 0) is 18.1 Å². The van der Waals surface area contributed by atoms with Gasteiger partial charge in [0.15, 0.2) is 5.82 Å². The molecule has 0 fully saturated rings. The zero-order chi connectivity index (χ0) is 26.3. The van der Waals surface area contributed by atoms with Gasteiger partial charge >= 0.3 is 0 Å². The molecular formula is C28H33N5O4. The Kier molecular flexibility index (Phi) is 11.2. The van der Waals surface area contributed by atoms with Crippen molar-refractivity contribution in [2.75, 3.05) is 13.2 Å². The van der Waals surface area contributed by atoms with Gasteiger partial charge in [-0.1, -0.05) is 86.8 Å². The van der Waals surface area contributed by atoms with Gasteiger partial charge in [0.25, 0.3) is 5.91 Å². The van der Waals surface area contributed by atoms with Gasteiger partial charge in [0.1, 0.15) is 12.3 Å². The molecule has 0 saturated carbocycles. The Morgan fingerprint density at radius 3 is 2.43 bits per heavy atom. The highest BCUT2D eigenvalue weighted by Gasteiger charge is 2.22. The summed E-state index contributed by atoms with van der Waals surface area (Å²) < 4.78 is 0. The highest BCUT2D eigenvalue weighted by molar-refractivity contribution is 5.92.